The standard InChI is InChI=1S/C14H20O2/c1-2-3-4-6-13(11-15)9-12-7-5-8-14(16)10-12/h5,7-10,15-16H,2-4,6,11H2,1H3/b13-9-. The molecule has 0 aliphatic heterocycles. The summed E-state index contributed by atoms with van der Waals surface area (Å²) in [6.45, 7) is 2.26. The first-order chi connectivity index (χ1) is 7.76. The number of benzene rings is 1. The van der Waals surface area contributed by atoms with E-state index in [4.69, 9.17) is 0 Å². The zero-order valence-electron chi connectivity index (χ0n) is 9.82. The van der Waals surface area contributed by atoms with E-state index < -0.39 is 0 Å². The zero-order valence-corrected chi connectivity index (χ0v) is 9.82. The fourth-order valence-corrected chi connectivity index (χ4v) is 1.65. The highest BCUT2D eigenvalue weighted by Gasteiger charge is 1.97. The maximum atomic E-state index is 9.32. The van der Waals surface area contributed by atoms with Crippen molar-refractivity contribution < 1.29 is 10.2 Å². The van der Waals surface area contributed by atoms with Crippen LogP contribution in [0.15, 0.2) is 29.8 Å². The van der Waals surface area contributed by atoms with E-state index in [2.05, 4.69) is 6.92 Å². The minimum atomic E-state index is 0.0966. The van der Waals surface area contributed by atoms with Crippen LogP contribution in [0.3, 0.4) is 0 Å². The molecule has 0 fully saturated rings. The van der Waals surface area contributed by atoms with E-state index >= 15 is 0 Å². The van der Waals surface area contributed by atoms with Crippen LogP contribution < -0.4 is 0 Å². The molecule has 16 heavy (non-hydrogen) atoms. The van der Waals surface area contributed by atoms with Crippen molar-refractivity contribution in [1.82, 2.24) is 0 Å². The monoisotopic (exact) mass is 220 g/mol. The van der Waals surface area contributed by atoms with E-state index in [1.165, 1.54) is 12.8 Å². The van der Waals surface area contributed by atoms with Crippen molar-refractivity contribution in [1.29, 1.82) is 0 Å². The van der Waals surface area contributed by atoms with Gasteiger partial charge in [-0.2, -0.15) is 0 Å². The fourth-order valence-electron chi connectivity index (χ4n) is 1.65. The number of phenols is 1. The summed E-state index contributed by atoms with van der Waals surface area (Å²) >= 11 is 0. The Morgan fingerprint density at radius 3 is 2.75 bits per heavy atom. The highest BCUT2D eigenvalue weighted by atomic mass is 16.3. The minimum absolute atomic E-state index is 0.0966. The molecule has 0 amide bonds. The van der Waals surface area contributed by atoms with E-state index in [0.717, 1.165) is 24.0 Å². The summed E-state index contributed by atoms with van der Waals surface area (Å²) in [5.74, 6) is 0.264. The van der Waals surface area contributed by atoms with Gasteiger partial charge >= 0.3 is 0 Å². The van der Waals surface area contributed by atoms with E-state index in [9.17, 15) is 10.2 Å². The summed E-state index contributed by atoms with van der Waals surface area (Å²) in [6, 6.07) is 7.08. The van der Waals surface area contributed by atoms with E-state index in [1.807, 2.05) is 18.2 Å². The third-order valence-electron chi connectivity index (χ3n) is 2.55. The van der Waals surface area contributed by atoms with Crippen molar-refractivity contribution in [3.63, 3.8) is 0 Å². The summed E-state index contributed by atoms with van der Waals surface area (Å²) in [7, 11) is 0. The molecule has 1 aromatic carbocycles. The second-order valence-corrected chi connectivity index (χ2v) is 4.01. The van der Waals surface area contributed by atoms with Gasteiger partial charge in [-0.25, -0.2) is 0 Å². The van der Waals surface area contributed by atoms with Crippen LogP contribution in [0, 0.1) is 0 Å². The number of aromatic hydroxyl groups is 1. The number of hydrogen-bond donors (Lipinski definition) is 2. The van der Waals surface area contributed by atoms with Gasteiger partial charge < -0.3 is 10.2 Å². The van der Waals surface area contributed by atoms with Crippen LogP contribution in [0.25, 0.3) is 6.08 Å². The number of phenolic OH excluding ortho intramolecular Hbond substituents is 1. The molecule has 0 heterocycles. The molecule has 2 nitrogen and oxygen atoms in total. The lowest BCUT2D eigenvalue weighted by Gasteiger charge is -2.04. The molecule has 2 heteroatoms. The maximum absolute atomic E-state index is 9.32. The topological polar surface area (TPSA) is 40.5 Å². The molecule has 0 unspecified atom stereocenters. The Hall–Kier alpha value is -1.28. The summed E-state index contributed by atoms with van der Waals surface area (Å²) in [6.07, 6.45) is 6.37. The molecule has 0 spiro atoms. The number of unbranched alkanes of at least 4 members (excludes halogenated alkanes) is 2. The van der Waals surface area contributed by atoms with Gasteiger partial charge in [-0.1, -0.05) is 38.0 Å². The third kappa shape index (κ3) is 4.49. The molecular weight excluding hydrogens is 200 g/mol. The molecule has 0 saturated carbocycles. The minimum Gasteiger partial charge on any atom is -0.508 e. The van der Waals surface area contributed by atoms with Gasteiger partial charge in [-0.05, 0) is 36.1 Å². The Labute approximate surface area is 97.2 Å². The summed E-state index contributed by atoms with van der Waals surface area (Å²) in [5, 5.41) is 18.5. The summed E-state index contributed by atoms with van der Waals surface area (Å²) < 4.78 is 0. The second-order valence-electron chi connectivity index (χ2n) is 4.01. The fraction of sp³-hybridized carbons (Fsp3) is 0.429. The Kier molecular flexibility index (Phi) is 5.65. The molecule has 0 aliphatic carbocycles. The highest BCUT2D eigenvalue weighted by Crippen LogP contribution is 2.16. The number of aliphatic hydroxyl groups is 1. The van der Waals surface area contributed by atoms with E-state index in [0.29, 0.717) is 0 Å². The summed E-state index contributed by atoms with van der Waals surface area (Å²) in [5.41, 5.74) is 1.97. The Morgan fingerprint density at radius 2 is 2.12 bits per heavy atom. The summed E-state index contributed by atoms with van der Waals surface area (Å²) in [4.78, 5) is 0. The van der Waals surface area contributed by atoms with Gasteiger partial charge in [0, 0.05) is 0 Å². The van der Waals surface area contributed by atoms with Crippen molar-refractivity contribution in [3.8, 4) is 5.75 Å². The quantitative estimate of drug-likeness (QED) is 0.722. The molecule has 88 valence electrons. The third-order valence-corrected chi connectivity index (χ3v) is 2.55. The molecule has 1 aromatic rings. The van der Waals surface area contributed by atoms with Crippen molar-refractivity contribution in [2.24, 2.45) is 0 Å². The maximum Gasteiger partial charge on any atom is 0.116 e. The number of hydrogen-bond acceptors (Lipinski definition) is 2. The van der Waals surface area contributed by atoms with E-state index in [1.54, 1.807) is 12.1 Å². The van der Waals surface area contributed by atoms with Gasteiger partial charge in [0.1, 0.15) is 5.75 Å². The molecule has 0 aromatic heterocycles. The van der Waals surface area contributed by atoms with Gasteiger partial charge in [0.15, 0.2) is 0 Å². The number of aliphatic hydroxyl groups excluding tert-OH is 1. The number of rotatable bonds is 6. The second kappa shape index (κ2) is 7.07. The van der Waals surface area contributed by atoms with Gasteiger partial charge in [0.05, 0.1) is 6.61 Å². The Balaban J connectivity index is 2.64. The van der Waals surface area contributed by atoms with Gasteiger partial charge in [-0.3, -0.25) is 0 Å². The van der Waals surface area contributed by atoms with E-state index in [-0.39, 0.29) is 12.4 Å². The first kappa shape index (κ1) is 12.8. The predicted octanol–water partition coefficient (Wildman–Crippen LogP) is 3.35. The molecule has 1 rings (SSSR count). The molecule has 0 radical (unpaired) electrons. The van der Waals surface area contributed by atoms with Crippen molar-refractivity contribution in [2.75, 3.05) is 6.61 Å². The molecule has 2 N–H and O–H groups in total. The van der Waals surface area contributed by atoms with Crippen LogP contribution in [0.5, 0.6) is 5.75 Å². The lowest BCUT2D eigenvalue weighted by molar-refractivity contribution is 0.326. The lowest BCUT2D eigenvalue weighted by Crippen LogP contribution is -1.91. The molecule has 0 aliphatic rings. The average Bonchev–Trinajstić information content (AvgIpc) is 2.28. The largest absolute Gasteiger partial charge is 0.508 e. The normalized spacial score (nSPS) is 11.8. The lowest BCUT2D eigenvalue weighted by atomic mass is 10.0. The molecular formula is C14H20O2. The van der Waals surface area contributed by atoms with Crippen molar-refractivity contribution >= 4 is 6.08 Å². The first-order valence-electron chi connectivity index (χ1n) is 5.85. The van der Waals surface area contributed by atoms with Gasteiger partial charge in [-0.15, -0.1) is 0 Å². The predicted molar refractivity (Wildman–Crippen MR) is 67.3 cm³/mol. The molecule has 0 bridgehead atoms. The Bertz CT molecular complexity index is 342. The van der Waals surface area contributed by atoms with Gasteiger partial charge in [0.2, 0.25) is 0 Å². The zero-order chi connectivity index (χ0) is 11.8. The van der Waals surface area contributed by atoms with Crippen molar-refractivity contribution in [2.45, 2.75) is 32.6 Å². The van der Waals surface area contributed by atoms with Gasteiger partial charge in [0.25, 0.3) is 0 Å². The highest BCUT2D eigenvalue weighted by molar-refractivity contribution is 5.54. The van der Waals surface area contributed by atoms with Crippen LogP contribution in [0.4, 0.5) is 0 Å². The average molecular weight is 220 g/mol. The molecule has 0 atom stereocenters. The van der Waals surface area contributed by atoms with Crippen LogP contribution in [0.2, 0.25) is 0 Å². The van der Waals surface area contributed by atoms with Crippen LogP contribution in [0.1, 0.15) is 38.2 Å². The van der Waals surface area contributed by atoms with Crippen LogP contribution in [-0.4, -0.2) is 16.8 Å². The Morgan fingerprint density at radius 1 is 1.31 bits per heavy atom. The van der Waals surface area contributed by atoms with Crippen LogP contribution >= 0.6 is 0 Å². The van der Waals surface area contributed by atoms with Crippen LogP contribution in [-0.2, 0) is 0 Å². The SMILES string of the molecule is CCCCC/C(=C/c1cccc(O)c1)CO. The smallest absolute Gasteiger partial charge is 0.116 e. The molecule has 0 saturated heterocycles. The first-order valence-corrected chi connectivity index (χ1v) is 5.85. The van der Waals surface area contributed by atoms with Crippen molar-refractivity contribution in [3.05, 3.63) is 35.4 Å².